The van der Waals surface area contributed by atoms with Crippen molar-refractivity contribution in [1.82, 2.24) is 0 Å². The van der Waals surface area contributed by atoms with Gasteiger partial charge in [-0.1, -0.05) is 24.7 Å². The second-order valence-electron chi connectivity index (χ2n) is 3.62. The van der Waals surface area contributed by atoms with Crippen molar-refractivity contribution in [1.29, 1.82) is 0 Å². The Kier molecular flexibility index (Phi) is 8.57. The number of allylic oxidation sites excluding steroid dienone is 2. The minimum Gasteiger partial charge on any atom is -0.127 e. The van der Waals surface area contributed by atoms with Crippen LogP contribution in [0, 0.1) is 0 Å². The van der Waals surface area contributed by atoms with Crippen molar-refractivity contribution in [2.24, 2.45) is 0 Å². The van der Waals surface area contributed by atoms with Crippen LogP contribution in [0.25, 0.3) is 0 Å². The molecule has 1 atom stereocenters. The minimum absolute atomic E-state index is 0.597. The molecule has 0 heterocycles. The van der Waals surface area contributed by atoms with Gasteiger partial charge in [-0.15, -0.1) is 24.8 Å². The van der Waals surface area contributed by atoms with E-state index >= 15 is 0 Å². The topological polar surface area (TPSA) is 0 Å². The summed E-state index contributed by atoms with van der Waals surface area (Å²) in [5.74, 6) is 0.812. The van der Waals surface area contributed by atoms with Gasteiger partial charge in [-0.05, 0) is 24.8 Å². The Bertz CT molecular complexity index is 135. The van der Waals surface area contributed by atoms with Crippen molar-refractivity contribution >= 4 is 20.4 Å². The fourth-order valence-electron chi connectivity index (χ4n) is 1.62. The maximum atomic E-state index is 5.69. The van der Waals surface area contributed by atoms with E-state index in [-0.39, 0.29) is 0 Å². The third-order valence-electron chi connectivity index (χ3n) is 2.54. The first-order valence-corrected chi connectivity index (χ1v) is 8.21. The molecule has 0 aromatic heterocycles. The lowest BCUT2D eigenvalue weighted by Crippen LogP contribution is -2.15. The van der Waals surface area contributed by atoms with Crippen LogP contribution in [0.15, 0.2) is 25.3 Å². The van der Waals surface area contributed by atoms with Gasteiger partial charge in [-0.25, -0.2) is 0 Å². The number of hydrogen-bond donors (Lipinski definition) is 0. The maximum Gasteiger partial charge on any atom is 0.0375 e. The quantitative estimate of drug-likeness (QED) is 0.327. The molecule has 0 bridgehead atoms. The summed E-state index contributed by atoms with van der Waals surface area (Å²) in [6.45, 7) is 10.0. The lowest BCUT2D eigenvalue weighted by Gasteiger charge is -2.19. The molecular formula is C11H21ClSi. The number of hydrogen-bond acceptors (Lipinski definition) is 0. The Morgan fingerprint density at radius 1 is 1.31 bits per heavy atom. The number of alkyl halides is 1. The Labute approximate surface area is 89.3 Å². The summed E-state index contributed by atoms with van der Waals surface area (Å²) >= 11 is 5.69. The third kappa shape index (κ3) is 6.11. The second kappa shape index (κ2) is 8.58. The van der Waals surface area contributed by atoms with Crippen LogP contribution in [0.3, 0.4) is 0 Å². The van der Waals surface area contributed by atoms with Gasteiger partial charge in [-0.3, -0.25) is 0 Å². The molecule has 0 rings (SSSR count). The molecule has 13 heavy (non-hydrogen) atoms. The largest absolute Gasteiger partial charge is 0.127 e. The van der Waals surface area contributed by atoms with Gasteiger partial charge in [0.2, 0.25) is 0 Å². The first-order valence-electron chi connectivity index (χ1n) is 5.04. The van der Waals surface area contributed by atoms with E-state index in [1.165, 1.54) is 12.5 Å². The van der Waals surface area contributed by atoms with Crippen molar-refractivity contribution in [3.63, 3.8) is 0 Å². The Morgan fingerprint density at radius 2 is 1.85 bits per heavy atom. The Balaban J connectivity index is 3.85. The first-order chi connectivity index (χ1) is 6.26. The van der Waals surface area contributed by atoms with E-state index in [4.69, 9.17) is 11.6 Å². The fraction of sp³-hybridized carbons (Fsp3) is 0.636. The summed E-state index contributed by atoms with van der Waals surface area (Å²) in [6, 6.07) is 1.36. The summed E-state index contributed by atoms with van der Waals surface area (Å²) in [4.78, 5) is 0. The Hall–Kier alpha value is -0.0131. The van der Waals surface area contributed by atoms with Gasteiger partial charge in [0.15, 0.2) is 0 Å². The van der Waals surface area contributed by atoms with Crippen LogP contribution in [-0.4, -0.2) is 14.7 Å². The SMILES string of the molecule is C=CCC(CC=C)[SiH](C)CCCCl. The molecule has 0 fully saturated rings. The summed E-state index contributed by atoms with van der Waals surface area (Å²) in [6.07, 6.45) is 7.57. The van der Waals surface area contributed by atoms with Gasteiger partial charge in [0.1, 0.15) is 0 Å². The van der Waals surface area contributed by atoms with E-state index in [0.29, 0.717) is 0 Å². The normalized spacial score (nSPS) is 12.8. The lowest BCUT2D eigenvalue weighted by molar-refractivity contribution is 0.828. The van der Waals surface area contributed by atoms with Crippen LogP contribution >= 0.6 is 11.6 Å². The van der Waals surface area contributed by atoms with Gasteiger partial charge in [0.25, 0.3) is 0 Å². The van der Waals surface area contributed by atoms with E-state index < -0.39 is 8.80 Å². The van der Waals surface area contributed by atoms with E-state index in [0.717, 1.165) is 24.3 Å². The molecule has 0 amide bonds. The van der Waals surface area contributed by atoms with Crippen LogP contribution in [0.1, 0.15) is 19.3 Å². The average molecular weight is 217 g/mol. The smallest absolute Gasteiger partial charge is 0.0375 e. The highest BCUT2D eigenvalue weighted by molar-refractivity contribution is 6.59. The second-order valence-corrected chi connectivity index (χ2v) is 7.47. The molecule has 0 aliphatic rings. The van der Waals surface area contributed by atoms with Crippen molar-refractivity contribution < 1.29 is 0 Å². The molecule has 0 spiro atoms. The Morgan fingerprint density at radius 3 is 2.23 bits per heavy atom. The molecule has 0 N–H and O–H groups in total. The van der Waals surface area contributed by atoms with E-state index in [9.17, 15) is 0 Å². The van der Waals surface area contributed by atoms with E-state index in [1.807, 2.05) is 12.2 Å². The van der Waals surface area contributed by atoms with E-state index in [2.05, 4.69) is 19.7 Å². The summed E-state index contributed by atoms with van der Waals surface area (Å²) in [5, 5.41) is 0. The average Bonchev–Trinajstić information content (AvgIpc) is 2.14. The highest BCUT2D eigenvalue weighted by Crippen LogP contribution is 2.24. The third-order valence-corrected chi connectivity index (χ3v) is 6.28. The van der Waals surface area contributed by atoms with Crippen LogP contribution in [0.5, 0.6) is 0 Å². The molecule has 0 radical (unpaired) electrons. The van der Waals surface area contributed by atoms with Crippen molar-refractivity contribution in [3.8, 4) is 0 Å². The summed E-state index contributed by atoms with van der Waals surface area (Å²) < 4.78 is 0. The van der Waals surface area contributed by atoms with E-state index in [1.54, 1.807) is 0 Å². The van der Waals surface area contributed by atoms with Crippen molar-refractivity contribution in [2.75, 3.05) is 5.88 Å². The zero-order valence-electron chi connectivity index (χ0n) is 8.64. The zero-order valence-corrected chi connectivity index (χ0v) is 10.5. The predicted molar refractivity (Wildman–Crippen MR) is 66.5 cm³/mol. The van der Waals surface area contributed by atoms with Crippen molar-refractivity contribution in [2.45, 2.75) is 37.4 Å². The molecule has 0 aromatic carbocycles. The lowest BCUT2D eigenvalue weighted by atomic mass is 10.2. The van der Waals surface area contributed by atoms with Gasteiger partial charge in [0, 0.05) is 14.7 Å². The van der Waals surface area contributed by atoms with Gasteiger partial charge in [-0.2, -0.15) is 0 Å². The predicted octanol–water partition coefficient (Wildman–Crippen LogP) is 3.99. The molecule has 0 nitrogen and oxygen atoms in total. The summed E-state index contributed by atoms with van der Waals surface area (Å²) in [5.41, 5.74) is 0.846. The van der Waals surface area contributed by atoms with Crippen molar-refractivity contribution in [3.05, 3.63) is 25.3 Å². The number of rotatable bonds is 8. The van der Waals surface area contributed by atoms with Gasteiger partial charge >= 0.3 is 0 Å². The standard InChI is InChI=1S/C11H21ClSi/c1-4-7-11(8-5-2)13(3)10-6-9-12/h4-5,11,13H,1-2,6-10H2,3H3. The van der Waals surface area contributed by atoms with Crippen LogP contribution in [-0.2, 0) is 0 Å². The van der Waals surface area contributed by atoms with Gasteiger partial charge in [0.05, 0.1) is 0 Å². The molecule has 2 heteroatoms. The molecule has 1 unspecified atom stereocenters. The molecule has 0 saturated heterocycles. The molecular weight excluding hydrogens is 196 g/mol. The number of halogens is 1. The monoisotopic (exact) mass is 216 g/mol. The van der Waals surface area contributed by atoms with Crippen LogP contribution in [0.2, 0.25) is 18.1 Å². The fourth-order valence-corrected chi connectivity index (χ4v) is 4.67. The first kappa shape index (κ1) is 13.0. The summed E-state index contributed by atoms with van der Waals surface area (Å²) in [7, 11) is -0.597. The molecule has 0 saturated carbocycles. The highest BCUT2D eigenvalue weighted by atomic mass is 35.5. The van der Waals surface area contributed by atoms with Crippen LogP contribution in [0.4, 0.5) is 0 Å². The zero-order chi connectivity index (χ0) is 10.1. The maximum absolute atomic E-state index is 5.69. The highest BCUT2D eigenvalue weighted by Gasteiger charge is 2.15. The van der Waals surface area contributed by atoms with Gasteiger partial charge < -0.3 is 0 Å². The minimum atomic E-state index is -0.597. The molecule has 0 aromatic rings. The molecule has 0 aliphatic carbocycles. The molecule has 76 valence electrons. The molecule has 0 aliphatic heterocycles. The van der Waals surface area contributed by atoms with Crippen LogP contribution < -0.4 is 0 Å².